The van der Waals surface area contributed by atoms with E-state index in [1.807, 2.05) is 0 Å². The molecule has 0 saturated heterocycles. The Balaban J connectivity index is 2.40. The molecule has 0 amide bonds. The zero-order valence-electron chi connectivity index (χ0n) is 13.5. The third-order valence-corrected chi connectivity index (χ3v) is 3.70. The van der Waals surface area contributed by atoms with Crippen molar-refractivity contribution in [3.05, 3.63) is 64.2 Å². The lowest BCUT2D eigenvalue weighted by molar-refractivity contribution is -0.141. The van der Waals surface area contributed by atoms with Gasteiger partial charge in [-0.25, -0.2) is 4.39 Å². The molecule has 0 aliphatic carbocycles. The first-order chi connectivity index (χ1) is 11.6. The number of carbonyl (C=O) groups excluding carboxylic acids is 1. The summed E-state index contributed by atoms with van der Waals surface area (Å²) in [5.74, 6) is -1.13. The van der Waals surface area contributed by atoms with Crippen LogP contribution < -0.4 is 0 Å². The van der Waals surface area contributed by atoms with Gasteiger partial charge in [-0.3, -0.25) is 4.79 Å². The predicted molar refractivity (Wildman–Crippen MR) is 84.3 cm³/mol. The molecule has 0 unspecified atom stereocenters. The van der Waals surface area contributed by atoms with E-state index in [0.717, 1.165) is 4.57 Å². The molecule has 25 heavy (non-hydrogen) atoms. The zero-order chi connectivity index (χ0) is 18.8. The number of hydrogen-bond donors (Lipinski definition) is 0. The van der Waals surface area contributed by atoms with Gasteiger partial charge in [0.05, 0.1) is 0 Å². The molecule has 3 nitrogen and oxygen atoms in total. The van der Waals surface area contributed by atoms with Gasteiger partial charge in [0.1, 0.15) is 24.0 Å². The van der Waals surface area contributed by atoms with Crippen LogP contribution in [0.4, 0.5) is 17.6 Å². The molecule has 0 bridgehead atoms. The fourth-order valence-electron chi connectivity index (χ4n) is 2.47. The fraction of sp³-hybridized carbons (Fsp3) is 0.222. The Kier molecular flexibility index (Phi) is 5.12. The summed E-state index contributed by atoms with van der Waals surface area (Å²) < 4.78 is 51.9. The maximum atomic E-state index is 12.9. The van der Waals surface area contributed by atoms with Crippen molar-refractivity contribution in [1.82, 2.24) is 4.57 Å². The Labute approximate surface area is 141 Å². The number of aryl methyl sites for hydroxylation is 1. The molecule has 0 radical (unpaired) electrons. The third kappa shape index (κ3) is 4.35. The summed E-state index contributed by atoms with van der Waals surface area (Å²) in [5, 5.41) is 9.23. The Hall–Kier alpha value is -2.88. The van der Waals surface area contributed by atoms with Crippen molar-refractivity contribution in [3.8, 4) is 6.07 Å². The number of nitriles is 1. The molecule has 0 aliphatic heterocycles. The number of nitrogens with zero attached hydrogens (tertiary/aromatic N) is 2. The number of hydrogen-bond acceptors (Lipinski definition) is 2. The van der Waals surface area contributed by atoms with Crippen LogP contribution >= 0.6 is 0 Å². The van der Waals surface area contributed by atoms with Crippen molar-refractivity contribution in [2.75, 3.05) is 0 Å². The van der Waals surface area contributed by atoms with Crippen LogP contribution in [0.5, 0.6) is 0 Å². The molecule has 2 aromatic rings. The number of allylic oxidation sites excluding steroid dienone is 1. The van der Waals surface area contributed by atoms with Gasteiger partial charge in [0, 0.05) is 17.0 Å². The van der Waals surface area contributed by atoms with Crippen LogP contribution in [0, 0.1) is 31.0 Å². The van der Waals surface area contributed by atoms with Gasteiger partial charge in [-0.05, 0) is 43.7 Å². The lowest BCUT2D eigenvalue weighted by Gasteiger charge is -2.12. The lowest BCUT2D eigenvalue weighted by atomic mass is 10.0. The second-order valence-electron chi connectivity index (χ2n) is 5.54. The van der Waals surface area contributed by atoms with E-state index in [4.69, 9.17) is 0 Å². The van der Waals surface area contributed by atoms with Crippen LogP contribution in [-0.2, 0) is 6.54 Å². The van der Waals surface area contributed by atoms with Gasteiger partial charge >= 0.3 is 6.18 Å². The van der Waals surface area contributed by atoms with Gasteiger partial charge < -0.3 is 4.57 Å². The molecular weight excluding hydrogens is 336 g/mol. The molecule has 2 rings (SSSR count). The highest BCUT2D eigenvalue weighted by atomic mass is 19.4. The van der Waals surface area contributed by atoms with Crippen molar-refractivity contribution in [3.63, 3.8) is 0 Å². The van der Waals surface area contributed by atoms with E-state index in [9.17, 15) is 27.6 Å². The van der Waals surface area contributed by atoms with Crippen LogP contribution in [0.15, 0.2) is 35.9 Å². The highest BCUT2D eigenvalue weighted by Gasteiger charge is 2.30. The molecule has 1 aromatic heterocycles. The number of alkyl halides is 3. The number of rotatable bonds is 4. The summed E-state index contributed by atoms with van der Waals surface area (Å²) >= 11 is 0. The minimum absolute atomic E-state index is 0.0386. The van der Waals surface area contributed by atoms with Gasteiger partial charge in [0.2, 0.25) is 5.78 Å². The Bertz CT molecular complexity index is 868. The minimum Gasteiger partial charge on any atom is -0.339 e. The summed E-state index contributed by atoms with van der Waals surface area (Å²) in [5.41, 5.74) is 0.656. The maximum Gasteiger partial charge on any atom is 0.406 e. The smallest absolute Gasteiger partial charge is 0.339 e. The monoisotopic (exact) mass is 350 g/mol. The Morgan fingerprint density at radius 3 is 2.36 bits per heavy atom. The number of aromatic nitrogens is 1. The van der Waals surface area contributed by atoms with Crippen molar-refractivity contribution < 1.29 is 22.4 Å². The molecular formula is C18H14F4N2O. The number of benzene rings is 1. The first-order valence-electron chi connectivity index (χ1n) is 7.28. The van der Waals surface area contributed by atoms with E-state index in [1.54, 1.807) is 6.07 Å². The molecule has 0 fully saturated rings. The van der Waals surface area contributed by atoms with Gasteiger partial charge in [0.25, 0.3) is 0 Å². The summed E-state index contributed by atoms with van der Waals surface area (Å²) in [6, 6.07) is 8.24. The second-order valence-corrected chi connectivity index (χ2v) is 5.54. The number of carbonyl (C=O) groups is 1. The largest absolute Gasteiger partial charge is 0.406 e. The second kappa shape index (κ2) is 6.93. The van der Waals surface area contributed by atoms with Gasteiger partial charge in [-0.2, -0.15) is 18.4 Å². The molecule has 7 heteroatoms. The predicted octanol–water partition coefficient (Wildman–Crippen LogP) is 4.60. The number of Topliss-reactive ketones (excluding diaryl/α,β-unsaturated/α-hetero) is 1. The quantitative estimate of drug-likeness (QED) is 0.350. The van der Waals surface area contributed by atoms with E-state index in [1.165, 1.54) is 50.3 Å². The molecule has 0 spiro atoms. The highest BCUT2D eigenvalue weighted by molar-refractivity contribution is 6.14. The maximum absolute atomic E-state index is 12.9. The van der Waals surface area contributed by atoms with E-state index in [-0.39, 0.29) is 22.5 Å². The van der Waals surface area contributed by atoms with Crippen molar-refractivity contribution in [2.24, 2.45) is 0 Å². The van der Waals surface area contributed by atoms with Gasteiger partial charge in [0.15, 0.2) is 0 Å². The Morgan fingerprint density at radius 2 is 1.84 bits per heavy atom. The van der Waals surface area contributed by atoms with Gasteiger partial charge in [-0.1, -0.05) is 12.1 Å². The summed E-state index contributed by atoms with van der Waals surface area (Å²) in [4.78, 5) is 12.5. The lowest BCUT2D eigenvalue weighted by Crippen LogP contribution is -2.19. The van der Waals surface area contributed by atoms with E-state index in [2.05, 4.69) is 0 Å². The zero-order valence-corrected chi connectivity index (χ0v) is 13.5. The fourth-order valence-corrected chi connectivity index (χ4v) is 2.47. The van der Waals surface area contributed by atoms with Crippen LogP contribution in [-0.4, -0.2) is 16.5 Å². The topological polar surface area (TPSA) is 45.8 Å². The highest BCUT2D eigenvalue weighted by Crippen LogP contribution is 2.25. The molecule has 130 valence electrons. The van der Waals surface area contributed by atoms with Crippen molar-refractivity contribution in [2.45, 2.75) is 26.6 Å². The van der Waals surface area contributed by atoms with Crippen LogP contribution in [0.25, 0.3) is 6.08 Å². The van der Waals surface area contributed by atoms with Crippen molar-refractivity contribution >= 4 is 11.9 Å². The normalized spacial score (nSPS) is 12.1. The van der Waals surface area contributed by atoms with E-state index >= 15 is 0 Å². The van der Waals surface area contributed by atoms with Crippen LogP contribution in [0.3, 0.4) is 0 Å². The standard InChI is InChI=1S/C18H14F4N2O/c1-11-7-16(12(2)24(11)10-18(20,21)22)17(25)14(9-23)8-13-3-5-15(19)6-4-13/h3-8H,10H2,1-2H3/b14-8+. The SMILES string of the molecule is Cc1cc(C(=O)/C(C#N)=C/c2ccc(F)cc2)c(C)n1CC(F)(F)F. The summed E-state index contributed by atoms with van der Waals surface area (Å²) in [6.45, 7) is 1.66. The molecule has 1 aromatic carbocycles. The van der Waals surface area contributed by atoms with Gasteiger partial charge in [-0.15, -0.1) is 0 Å². The summed E-state index contributed by atoms with van der Waals surface area (Å²) in [6.07, 6.45) is -3.14. The number of ketones is 1. The summed E-state index contributed by atoms with van der Waals surface area (Å²) in [7, 11) is 0. The Morgan fingerprint density at radius 1 is 1.24 bits per heavy atom. The average Bonchev–Trinajstić information content (AvgIpc) is 2.80. The van der Waals surface area contributed by atoms with Crippen molar-refractivity contribution in [1.29, 1.82) is 5.26 Å². The van der Waals surface area contributed by atoms with Crippen LogP contribution in [0.1, 0.15) is 27.3 Å². The van der Waals surface area contributed by atoms with E-state index in [0.29, 0.717) is 5.56 Å². The first kappa shape index (κ1) is 18.5. The van der Waals surface area contributed by atoms with Crippen LogP contribution in [0.2, 0.25) is 0 Å². The minimum atomic E-state index is -4.42. The van der Waals surface area contributed by atoms with E-state index < -0.39 is 24.3 Å². The first-order valence-corrected chi connectivity index (χ1v) is 7.28. The number of halogens is 4. The third-order valence-electron chi connectivity index (χ3n) is 3.70. The molecule has 0 N–H and O–H groups in total. The molecule has 0 atom stereocenters. The molecule has 0 saturated carbocycles. The average molecular weight is 350 g/mol. The molecule has 0 aliphatic rings. The molecule has 1 heterocycles.